The normalized spacial score (nSPS) is 10.8. The average Bonchev–Trinajstić information content (AvgIpc) is 2.92. The predicted molar refractivity (Wildman–Crippen MR) is 104 cm³/mol. The van der Waals surface area contributed by atoms with Crippen molar-refractivity contribution in [1.82, 2.24) is 4.57 Å². The van der Waals surface area contributed by atoms with Crippen LogP contribution in [-0.4, -0.2) is 23.1 Å². The Bertz CT molecular complexity index is 1020. The third-order valence-corrected chi connectivity index (χ3v) is 4.67. The van der Waals surface area contributed by atoms with E-state index in [1.807, 2.05) is 39.0 Å². The van der Waals surface area contributed by atoms with Gasteiger partial charge >= 0.3 is 11.9 Å². The second-order valence-electron chi connectivity index (χ2n) is 6.31. The first-order valence-corrected chi connectivity index (χ1v) is 9.05. The molecule has 1 heterocycles. The molecule has 0 radical (unpaired) electrons. The summed E-state index contributed by atoms with van der Waals surface area (Å²) in [5.41, 5.74) is 3.64. The first kappa shape index (κ1) is 18.7. The highest BCUT2D eigenvalue weighted by Gasteiger charge is 2.21. The molecule has 2 aromatic carbocycles. The zero-order valence-electron chi connectivity index (χ0n) is 16.0. The summed E-state index contributed by atoms with van der Waals surface area (Å²) in [7, 11) is 0. The molecule has 0 amide bonds. The summed E-state index contributed by atoms with van der Waals surface area (Å²) in [5.74, 6) is -0.388. The molecule has 0 aliphatic heterocycles. The van der Waals surface area contributed by atoms with Crippen molar-refractivity contribution in [3.8, 4) is 5.75 Å². The lowest BCUT2D eigenvalue weighted by molar-refractivity contribution is 0.0527. The summed E-state index contributed by atoms with van der Waals surface area (Å²) >= 11 is 0. The maximum absolute atomic E-state index is 12.5. The van der Waals surface area contributed by atoms with Crippen LogP contribution in [0.15, 0.2) is 42.5 Å². The molecular formula is C22H23NO4. The van der Waals surface area contributed by atoms with Crippen molar-refractivity contribution in [3.05, 3.63) is 64.8 Å². The van der Waals surface area contributed by atoms with Gasteiger partial charge in [-0.3, -0.25) is 0 Å². The fraction of sp³-hybridized carbons (Fsp3) is 0.273. The molecule has 5 heteroatoms. The summed E-state index contributed by atoms with van der Waals surface area (Å²) in [5, 5.41) is 0.725. The standard InChI is InChI=1S/C22H23NO4/c1-5-23-15(4)20(22(25)26-6-2)18-13-16(11-12-19(18)23)27-21(24)17-10-8-7-9-14(17)3/h7-13H,5-6H2,1-4H3. The Hall–Kier alpha value is -3.08. The van der Waals surface area contributed by atoms with Gasteiger partial charge in [-0.1, -0.05) is 18.2 Å². The number of hydrogen-bond donors (Lipinski definition) is 0. The van der Waals surface area contributed by atoms with Crippen molar-refractivity contribution < 1.29 is 19.1 Å². The van der Waals surface area contributed by atoms with Gasteiger partial charge in [-0.05, 0) is 57.5 Å². The van der Waals surface area contributed by atoms with E-state index in [1.165, 1.54) is 0 Å². The first-order chi connectivity index (χ1) is 13.0. The second-order valence-corrected chi connectivity index (χ2v) is 6.31. The van der Waals surface area contributed by atoms with E-state index in [4.69, 9.17) is 9.47 Å². The lowest BCUT2D eigenvalue weighted by atomic mass is 10.1. The minimum absolute atomic E-state index is 0.305. The molecule has 27 heavy (non-hydrogen) atoms. The van der Waals surface area contributed by atoms with Crippen molar-refractivity contribution in [2.75, 3.05) is 6.61 Å². The minimum atomic E-state index is -0.420. The third kappa shape index (κ3) is 3.45. The molecular weight excluding hydrogens is 342 g/mol. The predicted octanol–water partition coefficient (Wildman–Crippen LogP) is 4.67. The van der Waals surface area contributed by atoms with E-state index in [0.717, 1.165) is 28.7 Å². The molecule has 0 aliphatic rings. The topological polar surface area (TPSA) is 57.5 Å². The van der Waals surface area contributed by atoms with Gasteiger partial charge < -0.3 is 14.0 Å². The van der Waals surface area contributed by atoms with Gasteiger partial charge in [-0.2, -0.15) is 0 Å². The maximum atomic E-state index is 12.5. The largest absolute Gasteiger partial charge is 0.462 e. The molecule has 0 saturated heterocycles. The van der Waals surface area contributed by atoms with E-state index in [1.54, 1.807) is 31.2 Å². The number of carbonyl (C=O) groups excluding carboxylic acids is 2. The number of hydrogen-bond acceptors (Lipinski definition) is 4. The van der Waals surface area contributed by atoms with E-state index in [-0.39, 0.29) is 5.97 Å². The highest BCUT2D eigenvalue weighted by atomic mass is 16.5. The number of rotatable bonds is 5. The molecule has 3 aromatic rings. The number of aryl methyl sites for hydroxylation is 2. The Morgan fingerprint density at radius 1 is 1.00 bits per heavy atom. The molecule has 0 bridgehead atoms. The monoisotopic (exact) mass is 365 g/mol. The van der Waals surface area contributed by atoms with Gasteiger partial charge in [-0.15, -0.1) is 0 Å². The van der Waals surface area contributed by atoms with Crippen LogP contribution in [0.25, 0.3) is 10.9 Å². The Balaban J connectivity index is 2.04. The van der Waals surface area contributed by atoms with Crippen LogP contribution in [0.4, 0.5) is 0 Å². The fourth-order valence-corrected chi connectivity index (χ4v) is 3.36. The summed E-state index contributed by atoms with van der Waals surface area (Å²) in [6.07, 6.45) is 0. The molecule has 0 atom stereocenters. The SMILES string of the molecule is CCOC(=O)c1c(C)n(CC)c2ccc(OC(=O)c3ccccc3C)cc12. The highest BCUT2D eigenvalue weighted by molar-refractivity contribution is 6.06. The van der Waals surface area contributed by atoms with Crippen LogP contribution in [-0.2, 0) is 11.3 Å². The molecule has 5 nitrogen and oxygen atoms in total. The molecule has 0 fully saturated rings. The number of fused-ring (bicyclic) bond motifs is 1. The van der Waals surface area contributed by atoms with Crippen LogP contribution < -0.4 is 4.74 Å². The van der Waals surface area contributed by atoms with Gasteiger partial charge in [-0.25, -0.2) is 9.59 Å². The Morgan fingerprint density at radius 2 is 1.74 bits per heavy atom. The van der Waals surface area contributed by atoms with E-state index < -0.39 is 5.97 Å². The van der Waals surface area contributed by atoms with Gasteiger partial charge in [0.05, 0.1) is 17.7 Å². The quantitative estimate of drug-likeness (QED) is 0.487. The Labute approximate surface area is 158 Å². The van der Waals surface area contributed by atoms with Crippen LogP contribution in [0, 0.1) is 13.8 Å². The van der Waals surface area contributed by atoms with Crippen molar-refractivity contribution >= 4 is 22.8 Å². The van der Waals surface area contributed by atoms with E-state index >= 15 is 0 Å². The molecule has 3 rings (SSSR count). The zero-order chi connectivity index (χ0) is 19.6. The van der Waals surface area contributed by atoms with Crippen LogP contribution in [0.1, 0.15) is 45.8 Å². The van der Waals surface area contributed by atoms with E-state index in [0.29, 0.717) is 23.5 Å². The summed E-state index contributed by atoms with van der Waals surface area (Å²) < 4.78 is 12.8. The summed E-state index contributed by atoms with van der Waals surface area (Å²) in [4.78, 5) is 25.0. The molecule has 0 saturated carbocycles. The van der Waals surface area contributed by atoms with Crippen LogP contribution in [0.2, 0.25) is 0 Å². The van der Waals surface area contributed by atoms with Gasteiger partial charge in [0.1, 0.15) is 5.75 Å². The number of nitrogens with zero attached hydrogens (tertiary/aromatic N) is 1. The minimum Gasteiger partial charge on any atom is -0.462 e. The Morgan fingerprint density at radius 3 is 2.41 bits per heavy atom. The van der Waals surface area contributed by atoms with E-state index in [2.05, 4.69) is 4.57 Å². The first-order valence-electron chi connectivity index (χ1n) is 9.05. The van der Waals surface area contributed by atoms with Gasteiger partial charge in [0.15, 0.2) is 0 Å². The van der Waals surface area contributed by atoms with E-state index in [9.17, 15) is 9.59 Å². The number of aromatic nitrogens is 1. The highest BCUT2D eigenvalue weighted by Crippen LogP contribution is 2.30. The average molecular weight is 365 g/mol. The summed E-state index contributed by atoms with van der Waals surface area (Å²) in [6.45, 7) is 8.59. The molecule has 1 aromatic heterocycles. The zero-order valence-corrected chi connectivity index (χ0v) is 16.0. The number of carbonyl (C=O) groups is 2. The van der Waals surface area contributed by atoms with Gasteiger partial charge in [0.2, 0.25) is 0 Å². The lowest BCUT2D eigenvalue weighted by Gasteiger charge is -2.08. The van der Waals surface area contributed by atoms with Gasteiger partial charge in [0.25, 0.3) is 0 Å². The number of esters is 2. The third-order valence-electron chi connectivity index (χ3n) is 4.67. The van der Waals surface area contributed by atoms with Crippen molar-refractivity contribution in [2.24, 2.45) is 0 Å². The van der Waals surface area contributed by atoms with Crippen molar-refractivity contribution in [2.45, 2.75) is 34.2 Å². The smallest absolute Gasteiger partial charge is 0.343 e. The van der Waals surface area contributed by atoms with Crippen molar-refractivity contribution in [1.29, 1.82) is 0 Å². The molecule has 140 valence electrons. The van der Waals surface area contributed by atoms with Gasteiger partial charge in [0, 0.05) is 23.1 Å². The molecule has 0 N–H and O–H groups in total. The summed E-state index contributed by atoms with van der Waals surface area (Å²) in [6, 6.07) is 12.6. The maximum Gasteiger partial charge on any atom is 0.343 e. The lowest BCUT2D eigenvalue weighted by Crippen LogP contribution is -2.10. The fourth-order valence-electron chi connectivity index (χ4n) is 3.36. The van der Waals surface area contributed by atoms with Crippen LogP contribution in [0.3, 0.4) is 0 Å². The van der Waals surface area contributed by atoms with Crippen molar-refractivity contribution in [3.63, 3.8) is 0 Å². The molecule has 0 unspecified atom stereocenters. The Kier molecular flexibility index (Phi) is 5.31. The van der Waals surface area contributed by atoms with Crippen LogP contribution >= 0.6 is 0 Å². The molecule has 0 spiro atoms. The number of ether oxygens (including phenoxy) is 2. The van der Waals surface area contributed by atoms with Crippen LogP contribution in [0.5, 0.6) is 5.75 Å². The molecule has 0 aliphatic carbocycles. The second kappa shape index (κ2) is 7.66. The number of benzene rings is 2.